The lowest BCUT2D eigenvalue weighted by molar-refractivity contribution is -0.114. The molecular formula is C24H25F3N6O2. The summed E-state index contributed by atoms with van der Waals surface area (Å²) in [4.78, 5) is 26.4. The van der Waals surface area contributed by atoms with Gasteiger partial charge in [-0.3, -0.25) is 4.79 Å². The maximum absolute atomic E-state index is 13.8. The lowest BCUT2D eigenvalue weighted by atomic mass is 10.1. The number of carbonyl (C=O) groups is 1. The molecule has 2 N–H and O–H groups in total. The van der Waals surface area contributed by atoms with Crippen molar-refractivity contribution >= 4 is 29.2 Å². The molecule has 1 aromatic heterocycles. The van der Waals surface area contributed by atoms with Crippen LogP contribution in [0.15, 0.2) is 36.7 Å². The third kappa shape index (κ3) is 6.04. The molecule has 3 aromatic rings. The van der Waals surface area contributed by atoms with Crippen LogP contribution in [0.4, 0.5) is 36.4 Å². The molecule has 0 atom stereocenters. The van der Waals surface area contributed by atoms with E-state index >= 15 is 0 Å². The number of nitrogens with zero attached hydrogens (tertiary/aromatic N) is 4. The molecule has 0 aliphatic carbocycles. The van der Waals surface area contributed by atoms with Gasteiger partial charge in [0.1, 0.15) is 12.1 Å². The summed E-state index contributed by atoms with van der Waals surface area (Å²) in [6, 6.07) is 6.95. The number of hydrogen-bond donors (Lipinski definition) is 2. The number of hydrogen-bond acceptors (Lipinski definition) is 7. The lowest BCUT2D eigenvalue weighted by Gasteiger charge is -2.32. The standard InChI is InChI=1S/C24H25F3N6O2/c1-14-20(30-15(2)34)4-3-5-21(14)31-23-28-13-29-24(32-23)33-8-6-18(7-9-33)35-12-16-10-17(25)11-19(26)22(16)27/h3-5,10-11,13,18H,6-9,12H2,1-2H3,(H,30,34)(H,28,29,31,32). The van der Waals surface area contributed by atoms with E-state index in [1.807, 2.05) is 30.0 Å². The smallest absolute Gasteiger partial charge is 0.232 e. The Hall–Kier alpha value is -3.73. The summed E-state index contributed by atoms with van der Waals surface area (Å²) in [5, 5.41) is 5.95. The number of carbonyl (C=O) groups excluding carboxylic acids is 1. The first-order valence-corrected chi connectivity index (χ1v) is 11.1. The zero-order valence-electron chi connectivity index (χ0n) is 19.3. The van der Waals surface area contributed by atoms with Crippen molar-refractivity contribution in [2.75, 3.05) is 28.6 Å². The number of aromatic nitrogens is 3. The van der Waals surface area contributed by atoms with Crippen LogP contribution in [0.1, 0.15) is 30.9 Å². The highest BCUT2D eigenvalue weighted by atomic mass is 19.2. The van der Waals surface area contributed by atoms with E-state index in [4.69, 9.17) is 4.74 Å². The molecular weight excluding hydrogens is 461 g/mol. The fourth-order valence-electron chi connectivity index (χ4n) is 3.86. The van der Waals surface area contributed by atoms with Gasteiger partial charge in [-0.15, -0.1) is 0 Å². The summed E-state index contributed by atoms with van der Waals surface area (Å²) in [5.41, 5.74) is 2.15. The predicted octanol–water partition coefficient (Wildman–Crippen LogP) is 4.48. The Balaban J connectivity index is 1.35. The molecule has 1 aliphatic rings. The Kier molecular flexibility index (Phi) is 7.45. The SMILES string of the molecule is CC(=O)Nc1cccc(Nc2ncnc(N3CCC(OCc4cc(F)cc(F)c4F)CC3)n2)c1C. The van der Waals surface area contributed by atoms with Crippen LogP contribution in [0.25, 0.3) is 0 Å². The Morgan fingerprint density at radius 3 is 2.63 bits per heavy atom. The van der Waals surface area contributed by atoms with Crippen molar-refractivity contribution in [3.63, 3.8) is 0 Å². The molecule has 4 rings (SSSR count). The van der Waals surface area contributed by atoms with Crippen molar-refractivity contribution in [2.45, 2.75) is 39.4 Å². The number of anilines is 4. The number of nitrogens with one attached hydrogen (secondary N) is 2. The first kappa shape index (κ1) is 24.4. The molecule has 1 saturated heterocycles. The maximum atomic E-state index is 13.8. The van der Waals surface area contributed by atoms with Gasteiger partial charge >= 0.3 is 0 Å². The molecule has 0 spiro atoms. The minimum absolute atomic E-state index is 0.143. The fourth-order valence-corrected chi connectivity index (χ4v) is 3.86. The topological polar surface area (TPSA) is 92.3 Å². The zero-order chi connectivity index (χ0) is 24.9. The average molecular weight is 486 g/mol. The quantitative estimate of drug-likeness (QED) is 0.476. The number of benzene rings is 2. The Morgan fingerprint density at radius 1 is 1.14 bits per heavy atom. The average Bonchev–Trinajstić information content (AvgIpc) is 2.83. The van der Waals surface area contributed by atoms with Gasteiger partial charge in [-0.25, -0.2) is 23.1 Å². The molecule has 184 valence electrons. The second-order valence-corrected chi connectivity index (χ2v) is 8.25. The van der Waals surface area contributed by atoms with Crippen LogP contribution in [0.2, 0.25) is 0 Å². The third-order valence-electron chi connectivity index (χ3n) is 5.72. The van der Waals surface area contributed by atoms with Crippen LogP contribution >= 0.6 is 0 Å². The van der Waals surface area contributed by atoms with Gasteiger partial charge in [-0.1, -0.05) is 6.07 Å². The second kappa shape index (κ2) is 10.7. The van der Waals surface area contributed by atoms with Crippen LogP contribution in [0.5, 0.6) is 0 Å². The van der Waals surface area contributed by atoms with Gasteiger partial charge < -0.3 is 20.3 Å². The van der Waals surface area contributed by atoms with Crippen molar-refractivity contribution in [3.8, 4) is 0 Å². The Labute approximate surface area is 200 Å². The highest BCUT2D eigenvalue weighted by Gasteiger charge is 2.23. The van der Waals surface area contributed by atoms with E-state index in [9.17, 15) is 18.0 Å². The summed E-state index contributed by atoms with van der Waals surface area (Å²) in [6.07, 6.45) is 2.47. The van der Waals surface area contributed by atoms with Crippen LogP contribution in [0, 0.1) is 24.4 Å². The van der Waals surface area contributed by atoms with E-state index in [0.717, 1.165) is 17.3 Å². The molecule has 11 heteroatoms. The van der Waals surface area contributed by atoms with Gasteiger partial charge in [0.2, 0.25) is 17.8 Å². The molecule has 1 fully saturated rings. The van der Waals surface area contributed by atoms with Crippen molar-refractivity contribution in [1.29, 1.82) is 0 Å². The molecule has 0 bridgehead atoms. The lowest BCUT2D eigenvalue weighted by Crippen LogP contribution is -2.38. The van der Waals surface area contributed by atoms with Crippen molar-refractivity contribution < 1.29 is 22.7 Å². The number of amides is 1. The fraction of sp³-hybridized carbons (Fsp3) is 0.333. The van der Waals surface area contributed by atoms with Crippen LogP contribution in [0.3, 0.4) is 0 Å². The number of halogens is 3. The molecule has 8 nitrogen and oxygen atoms in total. The van der Waals surface area contributed by atoms with Gasteiger partial charge in [0.05, 0.1) is 12.7 Å². The highest BCUT2D eigenvalue weighted by Crippen LogP contribution is 2.26. The molecule has 0 unspecified atom stereocenters. The molecule has 2 heterocycles. The summed E-state index contributed by atoms with van der Waals surface area (Å²) in [6.45, 7) is 4.30. The minimum atomic E-state index is -1.23. The van der Waals surface area contributed by atoms with Gasteiger partial charge in [-0.05, 0) is 43.5 Å². The molecule has 0 radical (unpaired) electrons. The summed E-state index contributed by atoms with van der Waals surface area (Å²) in [5.74, 6) is -2.46. The van der Waals surface area contributed by atoms with Gasteiger partial charge in [0.25, 0.3) is 0 Å². The van der Waals surface area contributed by atoms with E-state index in [0.29, 0.717) is 49.6 Å². The van der Waals surface area contributed by atoms with Gasteiger partial charge in [0.15, 0.2) is 11.6 Å². The van der Waals surface area contributed by atoms with Crippen molar-refractivity contribution in [3.05, 3.63) is 65.2 Å². The first-order chi connectivity index (χ1) is 16.8. The Morgan fingerprint density at radius 2 is 1.89 bits per heavy atom. The molecule has 1 amide bonds. The second-order valence-electron chi connectivity index (χ2n) is 8.25. The summed E-state index contributed by atoms with van der Waals surface area (Å²) >= 11 is 0. The number of piperidine rings is 1. The molecule has 2 aromatic carbocycles. The highest BCUT2D eigenvalue weighted by molar-refractivity contribution is 5.90. The minimum Gasteiger partial charge on any atom is -0.373 e. The maximum Gasteiger partial charge on any atom is 0.232 e. The molecule has 0 saturated carbocycles. The predicted molar refractivity (Wildman–Crippen MR) is 125 cm³/mol. The summed E-state index contributed by atoms with van der Waals surface area (Å²) < 4.78 is 46.3. The largest absolute Gasteiger partial charge is 0.373 e. The van der Waals surface area contributed by atoms with E-state index in [-0.39, 0.29) is 24.2 Å². The van der Waals surface area contributed by atoms with Crippen molar-refractivity contribution in [2.24, 2.45) is 0 Å². The third-order valence-corrected chi connectivity index (χ3v) is 5.72. The van der Waals surface area contributed by atoms with Crippen LogP contribution in [-0.4, -0.2) is 40.1 Å². The number of ether oxygens (including phenoxy) is 1. The van der Waals surface area contributed by atoms with Crippen LogP contribution < -0.4 is 15.5 Å². The van der Waals surface area contributed by atoms with Gasteiger partial charge in [-0.2, -0.15) is 4.98 Å². The summed E-state index contributed by atoms with van der Waals surface area (Å²) in [7, 11) is 0. The van der Waals surface area contributed by atoms with E-state index < -0.39 is 17.5 Å². The van der Waals surface area contributed by atoms with E-state index in [1.54, 1.807) is 0 Å². The zero-order valence-corrected chi connectivity index (χ0v) is 19.3. The van der Waals surface area contributed by atoms with Gasteiger partial charge in [0, 0.05) is 43.0 Å². The van der Waals surface area contributed by atoms with E-state index in [1.165, 1.54) is 13.3 Å². The normalized spacial score (nSPS) is 14.1. The molecule has 1 aliphatic heterocycles. The Bertz CT molecular complexity index is 1220. The van der Waals surface area contributed by atoms with E-state index in [2.05, 4.69) is 25.6 Å². The van der Waals surface area contributed by atoms with Crippen molar-refractivity contribution in [1.82, 2.24) is 15.0 Å². The molecule has 35 heavy (non-hydrogen) atoms. The monoisotopic (exact) mass is 486 g/mol. The first-order valence-electron chi connectivity index (χ1n) is 11.1. The number of rotatable bonds is 7. The van der Waals surface area contributed by atoms with Crippen LogP contribution in [-0.2, 0) is 16.1 Å².